The lowest BCUT2D eigenvalue weighted by molar-refractivity contribution is -0.232. The van der Waals surface area contributed by atoms with Gasteiger partial charge in [0.05, 0.1) is 14.2 Å². The molecule has 0 amide bonds. The third-order valence-corrected chi connectivity index (χ3v) is 6.32. The molecule has 2 aromatic rings. The van der Waals surface area contributed by atoms with Crippen LogP contribution in [0.15, 0.2) is 60.7 Å². The number of esters is 2. The van der Waals surface area contributed by atoms with Crippen LogP contribution in [0.3, 0.4) is 0 Å². The van der Waals surface area contributed by atoms with Crippen LogP contribution < -0.4 is 0 Å². The molecule has 0 aliphatic carbocycles. The Labute approximate surface area is 180 Å². The van der Waals surface area contributed by atoms with Crippen LogP contribution in [0.5, 0.6) is 0 Å². The van der Waals surface area contributed by atoms with Gasteiger partial charge in [0, 0.05) is 13.1 Å². The fraction of sp³-hybridized carbons (Fsp3) is 0.375. The fourth-order valence-corrected chi connectivity index (χ4v) is 5.10. The maximum Gasteiger partial charge on any atom is 0.323 e. The van der Waals surface area contributed by atoms with Gasteiger partial charge in [-0.3, -0.25) is 14.4 Å². The summed E-state index contributed by atoms with van der Waals surface area (Å²) in [5.41, 5.74) is -2.09. The Hall–Kier alpha value is -3.03. The minimum Gasteiger partial charge on any atom is -0.468 e. The number of Topliss-reactive ketones (excluding diaryl/α,β-unsaturated/α-hetero) is 1. The number of nitrogens with zero attached hydrogens (tertiary/aromatic N) is 1. The molecule has 2 aromatic carbocycles. The van der Waals surface area contributed by atoms with Gasteiger partial charge in [-0.05, 0) is 18.2 Å². The molecule has 0 aromatic heterocycles. The number of likely N-dealkylation sites (tertiary alicyclic amines) is 1. The average Bonchev–Trinajstić information content (AvgIpc) is 2.80. The standard InChI is InChI=1S/C24H25NO6/c1-25-14-23(21(27)29-2)18(16-10-6-4-7-11-16)31-19(17-12-8-5-9-13-17)24(15-25,20(23)26)22(28)30-3/h4-13,18-19H,14-15H2,1-3H3/t18-,19-,23-,24+/m1/s1. The molecule has 2 aliphatic rings. The van der Waals surface area contributed by atoms with E-state index in [4.69, 9.17) is 14.2 Å². The summed E-state index contributed by atoms with van der Waals surface area (Å²) in [4.78, 5) is 42.5. The minimum absolute atomic E-state index is 0.0678. The monoisotopic (exact) mass is 423 g/mol. The second-order valence-electron chi connectivity index (χ2n) is 8.14. The van der Waals surface area contributed by atoms with Gasteiger partial charge in [0.15, 0.2) is 16.6 Å². The molecule has 2 bridgehead atoms. The molecule has 2 fully saturated rings. The predicted octanol–water partition coefficient (Wildman–Crippen LogP) is 2.33. The van der Waals surface area contributed by atoms with Crippen molar-refractivity contribution in [3.63, 3.8) is 0 Å². The van der Waals surface area contributed by atoms with Crippen molar-refractivity contribution in [1.82, 2.24) is 4.90 Å². The van der Waals surface area contributed by atoms with E-state index in [9.17, 15) is 14.4 Å². The first kappa shape index (κ1) is 21.2. The van der Waals surface area contributed by atoms with Gasteiger partial charge in [-0.2, -0.15) is 0 Å². The van der Waals surface area contributed by atoms with Crippen LogP contribution in [-0.4, -0.2) is 57.0 Å². The van der Waals surface area contributed by atoms with Crippen molar-refractivity contribution >= 4 is 17.7 Å². The average molecular weight is 423 g/mol. The van der Waals surface area contributed by atoms with E-state index in [-0.39, 0.29) is 13.1 Å². The first-order valence-electron chi connectivity index (χ1n) is 10.1. The predicted molar refractivity (Wildman–Crippen MR) is 111 cm³/mol. The van der Waals surface area contributed by atoms with E-state index in [1.54, 1.807) is 7.05 Å². The lowest BCUT2D eigenvalue weighted by atomic mass is 9.57. The topological polar surface area (TPSA) is 82.1 Å². The molecule has 7 nitrogen and oxygen atoms in total. The summed E-state index contributed by atoms with van der Waals surface area (Å²) in [5.74, 6) is -1.97. The number of rotatable bonds is 4. The quantitative estimate of drug-likeness (QED) is 0.551. The molecule has 0 saturated carbocycles. The number of hydrogen-bond donors (Lipinski definition) is 0. The van der Waals surface area contributed by atoms with Crippen LogP contribution in [-0.2, 0) is 28.6 Å². The zero-order chi connectivity index (χ0) is 22.2. The number of piperidine rings is 1. The highest BCUT2D eigenvalue weighted by molar-refractivity contribution is 6.17. The summed E-state index contributed by atoms with van der Waals surface area (Å²) >= 11 is 0. The number of fused-ring (bicyclic) bond motifs is 2. The molecule has 0 N–H and O–H groups in total. The Morgan fingerprint density at radius 3 is 1.58 bits per heavy atom. The molecule has 0 unspecified atom stereocenters. The van der Waals surface area contributed by atoms with Gasteiger partial charge < -0.3 is 19.1 Å². The highest BCUT2D eigenvalue weighted by Gasteiger charge is 2.73. The van der Waals surface area contributed by atoms with Crippen LogP contribution in [0.4, 0.5) is 0 Å². The van der Waals surface area contributed by atoms with Crippen molar-refractivity contribution in [2.45, 2.75) is 12.2 Å². The Kier molecular flexibility index (Phi) is 5.41. The molecule has 7 heteroatoms. The molecule has 4 atom stereocenters. The van der Waals surface area contributed by atoms with Crippen LogP contribution in [0.25, 0.3) is 0 Å². The van der Waals surface area contributed by atoms with Crippen molar-refractivity contribution in [3.05, 3.63) is 71.8 Å². The summed E-state index contributed by atoms with van der Waals surface area (Å²) in [7, 11) is 4.26. The number of ether oxygens (including phenoxy) is 3. The highest BCUT2D eigenvalue weighted by Crippen LogP contribution is 2.59. The molecule has 162 valence electrons. The molecule has 2 heterocycles. The molecule has 2 saturated heterocycles. The van der Waals surface area contributed by atoms with Crippen molar-refractivity contribution in [1.29, 1.82) is 0 Å². The summed E-state index contributed by atoms with van der Waals surface area (Å²) in [6.07, 6.45) is -1.86. The second-order valence-corrected chi connectivity index (χ2v) is 8.14. The first-order valence-corrected chi connectivity index (χ1v) is 10.1. The number of hydrogen-bond acceptors (Lipinski definition) is 7. The molecular formula is C24H25NO6. The number of methoxy groups -OCH3 is 2. The van der Waals surface area contributed by atoms with Gasteiger partial charge in [-0.25, -0.2) is 0 Å². The minimum atomic E-state index is -1.71. The Balaban J connectivity index is 2.01. The van der Waals surface area contributed by atoms with E-state index in [0.717, 1.165) is 0 Å². The van der Waals surface area contributed by atoms with E-state index in [1.165, 1.54) is 14.2 Å². The van der Waals surface area contributed by atoms with Gasteiger partial charge in [0.2, 0.25) is 0 Å². The lowest BCUT2D eigenvalue weighted by Gasteiger charge is -2.56. The van der Waals surface area contributed by atoms with Gasteiger partial charge in [0.25, 0.3) is 0 Å². The third kappa shape index (κ3) is 2.99. The van der Waals surface area contributed by atoms with Gasteiger partial charge in [0.1, 0.15) is 12.2 Å². The van der Waals surface area contributed by atoms with E-state index in [2.05, 4.69) is 0 Å². The van der Waals surface area contributed by atoms with Crippen LogP contribution >= 0.6 is 0 Å². The van der Waals surface area contributed by atoms with Gasteiger partial charge >= 0.3 is 11.9 Å². The van der Waals surface area contributed by atoms with Crippen molar-refractivity contribution in [2.24, 2.45) is 10.8 Å². The molecule has 31 heavy (non-hydrogen) atoms. The summed E-state index contributed by atoms with van der Waals surface area (Å²) < 4.78 is 16.8. The summed E-state index contributed by atoms with van der Waals surface area (Å²) in [5, 5.41) is 0. The zero-order valence-electron chi connectivity index (χ0n) is 17.7. The SMILES string of the molecule is COC(=O)[C@@]12CN(C)C[C@@](C(=O)OC)(C1=O)[C@@H](c1ccccc1)O[C@@H]2c1ccccc1. The Bertz CT molecular complexity index is 916. The third-order valence-electron chi connectivity index (χ3n) is 6.32. The van der Waals surface area contributed by atoms with Gasteiger partial charge in [-0.1, -0.05) is 60.7 Å². The molecule has 0 spiro atoms. The first-order chi connectivity index (χ1) is 14.9. The summed E-state index contributed by atoms with van der Waals surface area (Å²) in [6, 6.07) is 18.2. The summed E-state index contributed by atoms with van der Waals surface area (Å²) in [6.45, 7) is 0.136. The van der Waals surface area contributed by atoms with Crippen molar-refractivity contribution in [3.8, 4) is 0 Å². The zero-order valence-corrected chi connectivity index (χ0v) is 17.7. The number of benzene rings is 2. The fourth-order valence-electron chi connectivity index (χ4n) is 5.10. The maximum absolute atomic E-state index is 14.3. The molecule has 4 rings (SSSR count). The smallest absolute Gasteiger partial charge is 0.323 e. The van der Waals surface area contributed by atoms with E-state index in [0.29, 0.717) is 11.1 Å². The van der Waals surface area contributed by atoms with E-state index in [1.807, 2.05) is 65.6 Å². The number of carbonyl (C=O) groups is 3. The molecule has 0 radical (unpaired) electrons. The normalized spacial score (nSPS) is 30.5. The Morgan fingerprint density at radius 1 is 0.839 bits per heavy atom. The van der Waals surface area contributed by atoms with Crippen LogP contribution in [0.2, 0.25) is 0 Å². The highest BCUT2D eigenvalue weighted by atomic mass is 16.5. The number of ketones is 1. The van der Waals surface area contributed by atoms with Crippen molar-refractivity contribution < 1.29 is 28.6 Å². The lowest BCUT2D eigenvalue weighted by Crippen LogP contribution is -2.71. The van der Waals surface area contributed by atoms with E-state index < -0.39 is 40.8 Å². The van der Waals surface area contributed by atoms with Crippen LogP contribution in [0.1, 0.15) is 23.3 Å². The second kappa shape index (κ2) is 7.90. The number of carbonyl (C=O) groups excluding carboxylic acids is 3. The largest absolute Gasteiger partial charge is 0.468 e. The van der Waals surface area contributed by atoms with E-state index >= 15 is 0 Å². The Morgan fingerprint density at radius 2 is 1.23 bits per heavy atom. The molecule has 2 aliphatic heterocycles. The van der Waals surface area contributed by atoms with Crippen molar-refractivity contribution in [2.75, 3.05) is 34.4 Å². The molecular weight excluding hydrogens is 398 g/mol. The van der Waals surface area contributed by atoms with Gasteiger partial charge in [-0.15, -0.1) is 0 Å². The van der Waals surface area contributed by atoms with Crippen LogP contribution in [0, 0.1) is 10.8 Å². The maximum atomic E-state index is 14.3.